The second-order valence-electron chi connectivity index (χ2n) is 4.74. The molecule has 7 heteroatoms. The molecule has 0 unspecified atom stereocenters. The monoisotopic (exact) mass is 309 g/mol. The second-order valence-corrected chi connectivity index (χ2v) is 4.74. The van der Waals surface area contributed by atoms with Crippen LogP contribution in [-0.2, 0) is 4.74 Å². The first-order valence-corrected chi connectivity index (χ1v) is 7.08. The van der Waals surface area contributed by atoms with E-state index in [0.29, 0.717) is 17.1 Å². The SMILES string of the molecule is CCOC(=O)c1cc(-c2ccc(N)cn2)n(-c2cccnc2)n1. The highest BCUT2D eigenvalue weighted by Crippen LogP contribution is 2.23. The molecule has 0 aliphatic carbocycles. The number of aromatic nitrogens is 4. The van der Waals surface area contributed by atoms with Crippen LogP contribution in [0.25, 0.3) is 17.1 Å². The first kappa shape index (κ1) is 14.7. The van der Waals surface area contributed by atoms with Gasteiger partial charge in [-0.25, -0.2) is 9.48 Å². The van der Waals surface area contributed by atoms with Crippen molar-refractivity contribution >= 4 is 11.7 Å². The number of pyridine rings is 2. The van der Waals surface area contributed by atoms with Crippen molar-refractivity contribution in [3.05, 3.63) is 54.6 Å². The number of carbonyl (C=O) groups excluding carboxylic acids is 1. The maximum atomic E-state index is 12.0. The lowest BCUT2D eigenvalue weighted by atomic mass is 10.2. The van der Waals surface area contributed by atoms with Crippen LogP contribution in [0.4, 0.5) is 5.69 Å². The Labute approximate surface area is 132 Å². The largest absolute Gasteiger partial charge is 0.461 e. The summed E-state index contributed by atoms with van der Waals surface area (Å²) in [6.07, 6.45) is 4.88. The van der Waals surface area contributed by atoms with Gasteiger partial charge in [0.1, 0.15) is 0 Å². The molecule has 3 heterocycles. The predicted octanol–water partition coefficient (Wildman–Crippen LogP) is 2.09. The lowest BCUT2D eigenvalue weighted by molar-refractivity contribution is 0.0519. The van der Waals surface area contributed by atoms with Gasteiger partial charge in [0.2, 0.25) is 0 Å². The Balaban J connectivity index is 2.12. The summed E-state index contributed by atoms with van der Waals surface area (Å²) >= 11 is 0. The van der Waals surface area contributed by atoms with Crippen LogP contribution in [-0.4, -0.2) is 32.3 Å². The molecule has 3 aromatic rings. The van der Waals surface area contributed by atoms with E-state index in [-0.39, 0.29) is 12.3 Å². The van der Waals surface area contributed by atoms with E-state index in [0.717, 1.165) is 5.69 Å². The Kier molecular flexibility index (Phi) is 4.01. The predicted molar refractivity (Wildman–Crippen MR) is 85.0 cm³/mol. The summed E-state index contributed by atoms with van der Waals surface area (Å²) in [5.41, 5.74) is 8.47. The fraction of sp³-hybridized carbons (Fsp3) is 0.125. The number of anilines is 1. The van der Waals surface area contributed by atoms with E-state index >= 15 is 0 Å². The molecule has 0 bridgehead atoms. The smallest absolute Gasteiger partial charge is 0.358 e. The van der Waals surface area contributed by atoms with Crippen LogP contribution in [0, 0.1) is 0 Å². The van der Waals surface area contributed by atoms with Gasteiger partial charge in [-0.15, -0.1) is 0 Å². The third kappa shape index (κ3) is 3.03. The molecule has 0 saturated carbocycles. The van der Waals surface area contributed by atoms with Gasteiger partial charge in [0.05, 0.1) is 41.8 Å². The molecular formula is C16H15N5O2. The van der Waals surface area contributed by atoms with Crippen molar-refractivity contribution in [3.63, 3.8) is 0 Å². The molecule has 3 aromatic heterocycles. The number of nitrogens with zero attached hydrogens (tertiary/aromatic N) is 4. The Bertz CT molecular complexity index is 812. The molecule has 0 radical (unpaired) electrons. The molecule has 0 fully saturated rings. The molecule has 0 aliphatic heterocycles. The molecule has 23 heavy (non-hydrogen) atoms. The Hall–Kier alpha value is -3.22. The maximum Gasteiger partial charge on any atom is 0.358 e. The van der Waals surface area contributed by atoms with Crippen LogP contribution in [0.5, 0.6) is 0 Å². The first-order chi connectivity index (χ1) is 11.2. The molecule has 2 N–H and O–H groups in total. The number of nitrogens with two attached hydrogens (primary N) is 1. The molecule has 0 saturated heterocycles. The van der Waals surface area contributed by atoms with Crippen molar-refractivity contribution < 1.29 is 9.53 Å². The number of nitrogen functional groups attached to an aromatic ring is 1. The van der Waals surface area contributed by atoms with E-state index in [1.54, 1.807) is 54.5 Å². The third-order valence-corrected chi connectivity index (χ3v) is 3.13. The molecule has 7 nitrogen and oxygen atoms in total. The Morgan fingerprint density at radius 1 is 1.30 bits per heavy atom. The van der Waals surface area contributed by atoms with E-state index in [2.05, 4.69) is 15.1 Å². The van der Waals surface area contributed by atoms with Crippen molar-refractivity contribution in [3.8, 4) is 17.1 Å². The zero-order valence-corrected chi connectivity index (χ0v) is 12.5. The highest BCUT2D eigenvalue weighted by molar-refractivity contribution is 5.88. The van der Waals surface area contributed by atoms with E-state index in [1.807, 2.05) is 6.07 Å². The highest BCUT2D eigenvalue weighted by atomic mass is 16.5. The number of hydrogen-bond donors (Lipinski definition) is 1. The molecule has 0 amide bonds. The summed E-state index contributed by atoms with van der Waals surface area (Å²) in [7, 11) is 0. The fourth-order valence-corrected chi connectivity index (χ4v) is 2.10. The number of esters is 1. The van der Waals surface area contributed by atoms with Crippen molar-refractivity contribution in [1.29, 1.82) is 0 Å². The average molecular weight is 309 g/mol. The van der Waals surface area contributed by atoms with Crippen LogP contribution in [0.1, 0.15) is 17.4 Å². The van der Waals surface area contributed by atoms with E-state index in [4.69, 9.17) is 10.5 Å². The molecular weight excluding hydrogens is 294 g/mol. The summed E-state index contributed by atoms with van der Waals surface area (Å²) in [6, 6.07) is 8.79. The number of rotatable bonds is 4. The Morgan fingerprint density at radius 2 is 2.17 bits per heavy atom. The van der Waals surface area contributed by atoms with Gasteiger partial charge >= 0.3 is 5.97 Å². The molecule has 3 rings (SSSR count). The number of hydrogen-bond acceptors (Lipinski definition) is 6. The van der Waals surface area contributed by atoms with Gasteiger partial charge in [0.15, 0.2) is 5.69 Å². The summed E-state index contributed by atoms with van der Waals surface area (Å²) in [5, 5.41) is 4.33. The molecule has 0 atom stereocenters. The lowest BCUT2D eigenvalue weighted by Gasteiger charge is -2.06. The minimum absolute atomic E-state index is 0.212. The zero-order valence-electron chi connectivity index (χ0n) is 12.5. The minimum Gasteiger partial charge on any atom is -0.461 e. The normalized spacial score (nSPS) is 10.5. The molecule has 116 valence electrons. The lowest BCUT2D eigenvalue weighted by Crippen LogP contribution is -2.07. The van der Waals surface area contributed by atoms with Crippen molar-refractivity contribution in [2.24, 2.45) is 0 Å². The van der Waals surface area contributed by atoms with Gasteiger partial charge in [-0.3, -0.25) is 9.97 Å². The fourth-order valence-electron chi connectivity index (χ4n) is 2.10. The van der Waals surface area contributed by atoms with Crippen LogP contribution in [0.3, 0.4) is 0 Å². The number of ether oxygens (including phenoxy) is 1. The molecule has 0 aliphatic rings. The first-order valence-electron chi connectivity index (χ1n) is 7.08. The summed E-state index contributed by atoms with van der Waals surface area (Å²) < 4.78 is 6.63. The van der Waals surface area contributed by atoms with Crippen LogP contribution < -0.4 is 5.73 Å². The van der Waals surface area contributed by atoms with E-state index < -0.39 is 5.97 Å². The molecule has 0 aromatic carbocycles. The second kappa shape index (κ2) is 6.27. The minimum atomic E-state index is -0.480. The van der Waals surface area contributed by atoms with Crippen LogP contribution in [0.15, 0.2) is 48.9 Å². The van der Waals surface area contributed by atoms with Crippen LogP contribution in [0.2, 0.25) is 0 Å². The van der Waals surface area contributed by atoms with Gasteiger partial charge in [-0.1, -0.05) is 0 Å². The molecule has 0 spiro atoms. The third-order valence-electron chi connectivity index (χ3n) is 3.13. The quantitative estimate of drug-likeness (QED) is 0.741. The van der Waals surface area contributed by atoms with Gasteiger partial charge in [0, 0.05) is 12.3 Å². The Morgan fingerprint density at radius 3 is 2.83 bits per heavy atom. The van der Waals surface area contributed by atoms with E-state index in [9.17, 15) is 4.79 Å². The van der Waals surface area contributed by atoms with Gasteiger partial charge in [-0.05, 0) is 31.2 Å². The zero-order chi connectivity index (χ0) is 16.2. The van der Waals surface area contributed by atoms with Crippen molar-refractivity contribution in [1.82, 2.24) is 19.7 Å². The number of carbonyl (C=O) groups is 1. The van der Waals surface area contributed by atoms with Gasteiger partial charge in [0.25, 0.3) is 0 Å². The van der Waals surface area contributed by atoms with E-state index in [1.165, 1.54) is 0 Å². The van der Waals surface area contributed by atoms with Gasteiger partial charge in [-0.2, -0.15) is 5.10 Å². The maximum absolute atomic E-state index is 12.0. The van der Waals surface area contributed by atoms with Crippen molar-refractivity contribution in [2.45, 2.75) is 6.92 Å². The van der Waals surface area contributed by atoms with Gasteiger partial charge < -0.3 is 10.5 Å². The highest BCUT2D eigenvalue weighted by Gasteiger charge is 2.18. The summed E-state index contributed by atoms with van der Waals surface area (Å²) in [6.45, 7) is 2.03. The summed E-state index contributed by atoms with van der Waals surface area (Å²) in [5.74, 6) is -0.480. The standard InChI is InChI=1S/C16H15N5O2/c1-2-23-16(22)14-8-15(13-6-5-11(17)9-19-13)21(20-14)12-4-3-7-18-10-12/h3-10H,2,17H2,1H3. The average Bonchev–Trinajstić information content (AvgIpc) is 3.02. The summed E-state index contributed by atoms with van der Waals surface area (Å²) in [4.78, 5) is 20.4. The topological polar surface area (TPSA) is 95.9 Å². The van der Waals surface area contributed by atoms with Crippen molar-refractivity contribution in [2.75, 3.05) is 12.3 Å². The van der Waals surface area contributed by atoms with Crippen LogP contribution >= 0.6 is 0 Å².